The molecule has 1 amide bonds. The quantitative estimate of drug-likeness (QED) is 0.874. The zero-order valence-corrected chi connectivity index (χ0v) is 13.5. The molecule has 0 fully saturated rings. The number of carbonyl (C=O) groups is 1. The zero-order chi connectivity index (χ0) is 15.6. The Morgan fingerprint density at radius 1 is 1.36 bits per heavy atom. The number of anilines is 2. The van der Waals surface area contributed by atoms with E-state index in [2.05, 4.69) is 20.0 Å². The molecule has 3 rings (SSSR count). The summed E-state index contributed by atoms with van der Waals surface area (Å²) in [5.74, 6) is -0.246. The van der Waals surface area contributed by atoms with Gasteiger partial charge in [-0.3, -0.25) is 4.79 Å². The Labute approximate surface area is 134 Å². The third-order valence-corrected chi connectivity index (χ3v) is 5.64. The van der Waals surface area contributed by atoms with Crippen molar-refractivity contribution in [3.05, 3.63) is 35.8 Å². The normalized spacial score (nSPS) is 15.4. The second-order valence-corrected chi connectivity index (χ2v) is 7.60. The number of amidine groups is 1. The molecule has 2 heterocycles. The summed E-state index contributed by atoms with van der Waals surface area (Å²) in [7, 11) is -3.73. The number of para-hydroxylation sites is 1. The summed E-state index contributed by atoms with van der Waals surface area (Å²) in [6, 6.07) is 6.49. The lowest BCUT2D eigenvalue weighted by atomic mass is 10.3. The lowest BCUT2D eigenvalue weighted by Gasteiger charge is -2.17. The first-order chi connectivity index (χ1) is 10.5. The van der Waals surface area contributed by atoms with Crippen molar-refractivity contribution >= 4 is 55.0 Å². The van der Waals surface area contributed by atoms with Gasteiger partial charge in [-0.1, -0.05) is 23.9 Å². The van der Waals surface area contributed by atoms with Gasteiger partial charge in [0.25, 0.3) is 10.0 Å². The van der Waals surface area contributed by atoms with Gasteiger partial charge in [0.15, 0.2) is 10.3 Å². The number of benzene rings is 1. The van der Waals surface area contributed by atoms with E-state index in [1.54, 1.807) is 29.8 Å². The highest BCUT2D eigenvalue weighted by Gasteiger charge is 2.24. The van der Waals surface area contributed by atoms with Gasteiger partial charge in [-0.15, -0.1) is 15.7 Å². The molecule has 1 aliphatic heterocycles. The van der Waals surface area contributed by atoms with Crippen LogP contribution in [0.5, 0.6) is 0 Å². The number of thioether (sulfide) groups is 1. The summed E-state index contributed by atoms with van der Waals surface area (Å²) in [6.07, 6.45) is 1.59. The Balaban J connectivity index is 1.67. The smallest absolute Gasteiger partial charge is 0.286 e. The van der Waals surface area contributed by atoms with Gasteiger partial charge in [-0.25, -0.2) is 4.98 Å². The molecule has 0 unspecified atom stereocenters. The molecule has 0 aliphatic carbocycles. The van der Waals surface area contributed by atoms with Gasteiger partial charge in [0.2, 0.25) is 5.91 Å². The lowest BCUT2D eigenvalue weighted by molar-refractivity contribution is -0.113. The van der Waals surface area contributed by atoms with Gasteiger partial charge in [-0.05, 0) is 12.1 Å². The number of nitrogens with zero attached hydrogens (tertiary/aromatic N) is 2. The van der Waals surface area contributed by atoms with E-state index in [-0.39, 0.29) is 21.7 Å². The Hall–Kier alpha value is -1.91. The number of hydrogen-bond acceptors (Lipinski definition) is 7. The van der Waals surface area contributed by atoms with E-state index in [4.69, 9.17) is 0 Å². The average molecular weight is 354 g/mol. The highest BCUT2D eigenvalue weighted by molar-refractivity contribution is 8.15. The van der Waals surface area contributed by atoms with Gasteiger partial charge >= 0.3 is 0 Å². The minimum absolute atomic E-state index is 0.0309. The van der Waals surface area contributed by atoms with Gasteiger partial charge in [0.05, 0.1) is 11.4 Å². The molecule has 0 saturated carbocycles. The van der Waals surface area contributed by atoms with E-state index in [1.807, 2.05) is 0 Å². The maximum Gasteiger partial charge on any atom is 0.286 e. The van der Waals surface area contributed by atoms with Crippen LogP contribution in [0.15, 0.2) is 45.1 Å². The first-order valence-electron chi connectivity index (χ1n) is 6.08. The van der Waals surface area contributed by atoms with Crippen LogP contribution in [0, 0.1) is 0 Å². The topological polar surface area (TPSA) is 101 Å². The van der Waals surface area contributed by atoms with E-state index in [0.717, 1.165) is 11.8 Å². The van der Waals surface area contributed by atoms with E-state index in [1.165, 1.54) is 17.4 Å². The maximum absolute atomic E-state index is 12.0. The van der Waals surface area contributed by atoms with E-state index in [0.29, 0.717) is 10.8 Å². The molecular formula is C12H10N4O3S3. The standard InChI is InChI=1S/C12H10N4O3S3/c17-10(15-11-13-5-6-20-11)7-21-12-14-8-3-1-2-4-9(8)22(18,19)16-12/h1-6H,7H2,(H,14,16)(H,13,15,17). The molecule has 1 aromatic carbocycles. The van der Waals surface area contributed by atoms with Crippen molar-refractivity contribution in [2.75, 3.05) is 16.4 Å². The highest BCUT2D eigenvalue weighted by Crippen LogP contribution is 2.28. The number of fused-ring (bicyclic) bond motifs is 1. The van der Waals surface area contributed by atoms with Crippen LogP contribution in [0.3, 0.4) is 0 Å². The monoisotopic (exact) mass is 354 g/mol. The molecule has 2 N–H and O–H groups in total. The first-order valence-corrected chi connectivity index (χ1v) is 9.38. The molecule has 114 valence electrons. The summed E-state index contributed by atoms with van der Waals surface area (Å²) in [4.78, 5) is 15.8. The van der Waals surface area contributed by atoms with Crippen molar-refractivity contribution in [2.24, 2.45) is 4.40 Å². The van der Waals surface area contributed by atoms with Gasteiger partial charge in [0.1, 0.15) is 4.90 Å². The van der Waals surface area contributed by atoms with Crippen LogP contribution in [-0.4, -0.2) is 30.2 Å². The highest BCUT2D eigenvalue weighted by atomic mass is 32.2. The van der Waals surface area contributed by atoms with Crippen LogP contribution in [-0.2, 0) is 14.8 Å². The third-order valence-electron chi connectivity index (χ3n) is 2.63. The zero-order valence-electron chi connectivity index (χ0n) is 11.0. The number of hydrogen-bond donors (Lipinski definition) is 2. The summed E-state index contributed by atoms with van der Waals surface area (Å²) < 4.78 is 27.7. The van der Waals surface area contributed by atoms with Crippen LogP contribution in [0.4, 0.5) is 10.8 Å². The molecule has 0 bridgehead atoms. The fourth-order valence-corrected chi connectivity index (χ4v) is 4.31. The predicted octanol–water partition coefficient (Wildman–Crippen LogP) is 1.99. The number of amides is 1. The summed E-state index contributed by atoms with van der Waals surface area (Å²) >= 11 is 2.33. The SMILES string of the molecule is O=C(CSC1=NS(=O)(=O)c2ccccc2N1)Nc1nccs1. The second-order valence-electron chi connectivity index (χ2n) is 4.17. The van der Waals surface area contributed by atoms with E-state index >= 15 is 0 Å². The van der Waals surface area contributed by atoms with E-state index < -0.39 is 10.0 Å². The van der Waals surface area contributed by atoms with Crippen molar-refractivity contribution < 1.29 is 13.2 Å². The van der Waals surface area contributed by atoms with Crippen LogP contribution in [0.2, 0.25) is 0 Å². The Bertz CT molecular complexity index is 831. The molecular weight excluding hydrogens is 344 g/mol. The summed E-state index contributed by atoms with van der Waals surface area (Å²) in [5, 5.41) is 7.95. The predicted molar refractivity (Wildman–Crippen MR) is 87.9 cm³/mol. The molecule has 10 heteroatoms. The molecule has 0 saturated heterocycles. The Kier molecular flexibility index (Phi) is 4.14. The van der Waals surface area contributed by atoms with Crippen molar-refractivity contribution in [3.63, 3.8) is 0 Å². The fraction of sp³-hybridized carbons (Fsp3) is 0.0833. The number of carbonyl (C=O) groups excluding carboxylic acids is 1. The van der Waals surface area contributed by atoms with Crippen LogP contribution >= 0.6 is 23.1 Å². The molecule has 7 nitrogen and oxygen atoms in total. The largest absolute Gasteiger partial charge is 0.333 e. The Morgan fingerprint density at radius 3 is 2.95 bits per heavy atom. The average Bonchev–Trinajstić information content (AvgIpc) is 2.97. The third kappa shape index (κ3) is 3.29. The van der Waals surface area contributed by atoms with Crippen molar-refractivity contribution in [1.82, 2.24) is 4.98 Å². The van der Waals surface area contributed by atoms with E-state index in [9.17, 15) is 13.2 Å². The number of rotatable bonds is 3. The molecule has 22 heavy (non-hydrogen) atoms. The van der Waals surface area contributed by atoms with Crippen molar-refractivity contribution in [2.45, 2.75) is 4.90 Å². The first kappa shape index (κ1) is 15.0. The molecule has 1 aliphatic rings. The summed E-state index contributed by atoms with van der Waals surface area (Å²) in [5.41, 5.74) is 0.459. The minimum atomic E-state index is -3.73. The van der Waals surface area contributed by atoms with Crippen LogP contribution in [0.25, 0.3) is 0 Å². The second kappa shape index (κ2) is 6.07. The number of nitrogens with one attached hydrogen (secondary N) is 2. The molecule has 0 atom stereocenters. The van der Waals surface area contributed by atoms with Crippen molar-refractivity contribution in [3.8, 4) is 0 Å². The van der Waals surface area contributed by atoms with Crippen LogP contribution < -0.4 is 10.6 Å². The molecule has 2 aromatic rings. The van der Waals surface area contributed by atoms with Gasteiger partial charge < -0.3 is 10.6 Å². The fourth-order valence-electron chi connectivity index (χ4n) is 1.73. The molecule has 0 spiro atoms. The maximum atomic E-state index is 12.0. The Morgan fingerprint density at radius 2 is 2.18 bits per heavy atom. The summed E-state index contributed by atoms with van der Waals surface area (Å²) in [6.45, 7) is 0. The number of thiazole rings is 1. The molecule has 1 aromatic heterocycles. The van der Waals surface area contributed by atoms with Gasteiger partial charge in [-0.2, -0.15) is 8.42 Å². The lowest BCUT2D eigenvalue weighted by Crippen LogP contribution is -2.22. The number of sulfonamides is 1. The van der Waals surface area contributed by atoms with Gasteiger partial charge in [0, 0.05) is 11.6 Å². The van der Waals surface area contributed by atoms with Crippen molar-refractivity contribution in [1.29, 1.82) is 0 Å². The number of aromatic nitrogens is 1. The van der Waals surface area contributed by atoms with Crippen LogP contribution in [0.1, 0.15) is 0 Å². The molecule has 0 radical (unpaired) electrons. The minimum Gasteiger partial charge on any atom is -0.333 e.